The van der Waals surface area contributed by atoms with E-state index in [9.17, 15) is 4.39 Å². The smallest absolute Gasteiger partial charge is 0.224 e. The molecule has 0 bridgehead atoms. The Hall–Kier alpha value is -2.45. The molecule has 0 fully saturated rings. The van der Waals surface area contributed by atoms with Crippen LogP contribution >= 0.6 is 0 Å². The number of nitriles is 1. The molecule has 1 aromatic carbocycles. The molecule has 0 spiro atoms. The Balaban J connectivity index is 2.32. The summed E-state index contributed by atoms with van der Waals surface area (Å²) in [7, 11) is 0. The van der Waals surface area contributed by atoms with Gasteiger partial charge in [0.1, 0.15) is 0 Å². The molecule has 0 aliphatic heterocycles. The summed E-state index contributed by atoms with van der Waals surface area (Å²) >= 11 is 0. The van der Waals surface area contributed by atoms with Crippen LogP contribution in [0.4, 0.5) is 4.39 Å². The summed E-state index contributed by atoms with van der Waals surface area (Å²) in [5.74, 6) is -0.547. The summed E-state index contributed by atoms with van der Waals surface area (Å²) in [5.41, 5.74) is 0.671. The zero-order valence-corrected chi connectivity index (χ0v) is 9.30. The fraction of sp³-hybridized carbons (Fsp3) is 0.0769. The van der Waals surface area contributed by atoms with Crippen LogP contribution in [0.1, 0.15) is 11.1 Å². The van der Waals surface area contributed by atoms with E-state index in [1.807, 2.05) is 6.07 Å². The third-order valence-corrected chi connectivity index (χ3v) is 2.29. The third-order valence-electron chi connectivity index (χ3n) is 2.29. The molecule has 0 amide bonds. The molecule has 0 unspecified atom stereocenters. The van der Waals surface area contributed by atoms with Gasteiger partial charge in [0.15, 0.2) is 11.6 Å². The van der Waals surface area contributed by atoms with Crippen LogP contribution in [0.25, 0.3) is 0 Å². The first-order chi connectivity index (χ1) is 8.74. The van der Waals surface area contributed by atoms with Gasteiger partial charge in [-0.25, -0.2) is 9.37 Å². The van der Waals surface area contributed by atoms with Crippen LogP contribution < -0.4 is 4.74 Å². The lowest BCUT2D eigenvalue weighted by Crippen LogP contribution is -1.96. The van der Waals surface area contributed by atoms with E-state index in [0.29, 0.717) is 5.56 Å². The van der Waals surface area contributed by atoms with E-state index in [-0.39, 0.29) is 23.8 Å². The van der Waals surface area contributed by atoms with Crippen molar-refractivity contribution >= 4 is 0 Å². The van der Waals surface area contributed by atoms with Gasteiger partial charge in [-0.1, -0.05) is 0 Å². The topological polar surface area (TPSA) is 66.1 Å². The lowest BCUT2D eigenvalue weighted by molar-refractivity contribution is 0.274. The highest BCUT2D eigenvalue weighted by molar-refractivity contribution is 5.38. The Morgan fingerprint density at radius 1 is 1.39 bits per heavy atom. The van der Waals surface area contributed by atoms with Crippen LogP contribution in [0.2, 0.25) is 0 Å². The van der Waals surface area contributed by atoms with Crippen molar-refractivity contribution in [2.45, 2.75) is 6.61 Å². The van der Waals surface area contributed by atoms with Gasteiger partial charge in [0.25, 0.3) is 0 Å². The van der Waals surface area contributed by atoms with Crippen molar-refractivity contribution in [2.75, 3.05) is 0 Å². The summed E-state index contributed by atoms with van der Waals surface area (Å²) in [6.07, 6.45) is 1.48. The second kappa shape index (κ2) is 5.25. The Kier molecular flexibility index (Phi) is 3.51. The van der Waals surface area contributed by atoms with E-state index >= 15 is 0 Å². The standard InChI is InChI=1S/C13H9FN2O2/c14-11-6-9(7-15)3-4-12(11)18-13-10(8-17)2-1-5-16-13/h1-6,17H,8H2. The van der Waals surface area contributed by atoms with Crippen molar-refractivity contribution in [1.29, 1.82) is 5.26 Å². The number of hydrogen-bond donors (Lipinski definition) is 1. The lowest BCUT2D eigenvalue weighted by Gasteiger charge is -2.08. The fourth-order valence-electron chi connectivity index (χ4n) is 1.39. The number of aromatic nitrogens is 1. The van der Waals surface area contributed by atoms with Gasteiger partial charge in [-0.15, -0.1) is 0 Å². The Morgan fingerprint density at radius 3 is 2.89 bits per heavy atom. The number of rotatable bonds is 3. The second-order valence-corrected chi connectivity index (χ2v) is 3.48. The molecule has 2 rings (SSSR count). The Labute approximate surface area is 103 Å². The van der Waals surface area contributed by atoms with Crippen LogP contribution in [0.3, 0.4) is 0 Å². The molecule has 0 atom stereocenters. The van der Waals surface area contributed by atoms with Crippen LogP contribution in [-0.2, 0) is 6.61 Å². The zero-order valence-electron chi connectivity index (χ0n) is 9.30. The maximum absolute atomic E-state index is 13.6. The first kappa shape index (κ1) is 12.0. The van der Waals surface area contributed by atoms with Crippen LogP contribution in [0, 0.1) is 17.1 Å². The molecule has 1 aromatic heterocycles. The van der Waals surface area contributed by atoms with Crippen molar-refractivity contribution in [1.82, 2.24) is 4.98 Å². The van der Waals surface area contributed by atoms with Crippen molar-refractivity contribution in [3.05, 3.63) is 53.5 Å². The molecule has 90 valence electrons. The van der Waals surface area contributed by atoms with E-state index in [1.54, 1.807) is 12.1 Å². The highest BCUT2D eigenvalue weighted by Gasteiger charge is 2.09. The molecule has 0 aliphatic rings. The number of pyridine rings is 1. The summed E-state index contributed by atoms with van der Waals surface area (Å²) < 4.78 is 18.9. The number of halogens is 1. The predicted molar refractivity (Wildman–Crippen MR) is 61.3 cm³/mol. The minimum Gasteiger partial charge on any atom is -0.436 e. The van der Waals surface area contributed by atoms with Crippen LogP contribution in [0.5, 0.6) is 11.6 Å². The molecule has 0 saturated heterocycles. The van der Waals surface area contributed by atoms with E-state index in [2.05, 4.69) is 4.98 Å². The maximum Gasteiger partial charge on any atom is 0.224 e. The largest absolute Gasteiger partial charge is 0.436 e. The van der Waals surface area contributed by atoms with Gasteiger partial charge in [-0.05, 0) is 30.3 Å². The number of ether oxygens (including phenoxy) is 1. The Bertz CT molecular complexity index is 608. The molecule has 0 aliphatic carbocycles. The van der Waals surface area contributed by atoms with E-state index in [4.69, 9.17) is 15.1 Å². The number of aliphatic hydroxyl groups is 1. The monoisotopic (exact) mass is 244 g/mol. The second-order valence-electron chi connectivity index (χ2n) is 3.48. The summed E-state index contributed by atoms with van der Waals surface area (Å²) in [6.45, 7) is -0.249. The Morgan fingerprint density at radius 2 is 2.22 bits per heavy atom. The summed E-state index contributed by atoms with van der Waals surface area (Å²) in [6, 6.07) is 8.98. The van der Waals surface area contributed by atoms with Crippen LogP contribution in [0.15, 0.2) is 36.5 Å². The number of benzene rings is 1. The molecule has 18 heavy (non-hydrogen) atoms. The highest BCUT2D eigenvalue weighted by atomic mass is 19.1. The average Bonchev–Trinajstić information content (AvgIpc) is 2.41. The number of nitrogens with zero attached hydrogens (tertiary/aromatic N) is 2. The zero-order chi connectivity index (χ0) is 13.0. The molecule has 1 N–H and O–H groups in total. The molecule has 0 radical (unpaired) electrons. The van der Waals surface area contributed by atoms with Crippen molar-refractivity contribution in [2.24, 2.45) is 0 Å². The van der Waals surface area contributed by atoms with Gasteiger partial charge in [0.2, 0.25) is 5.88 Å². The quantitative estimate of drug-likeness (QED) is 0.900. The van der Waals surface area contributed by atoms with Crippen molar-refractivity contribution < 1.29 is 14.2 Å². The van der Waals surface area contributed by atoms with E-state index in [1.165, 1.54) is 18.3 Å². The number of hydrogen-bond acceptors (Lipinski definition) is 4. The van der Waals surface area contributed by atoms with Gasteiger partial charge < -0.3 is 9.84 Å². The average molecular weight is 244 g/mol. The SMILES string of the molecule is N#Cc1ccc(Oc2ncccc2CO)c(F)c1. The molecule has 0 saturated carbocycles. The molecular formula is C13H9FN2O2. The highest BCUT2D eigenvalue weighted by Crippen LogP contribution is 2.26. The van der Waals surface area contributed by atoms with Gasteiger partial charge in [0.05, 0.1) is 18.2 Å². The van der Waals surface area contributed by atoms with Gasteiger partial charge in [0, 0.05) is 11.8 Å². The minimum absolute atomic E-state index is 0.0394. The number of aliphatic hydroxyl groups excluding tert-OH is 1. The van der Waals surface area contributed by atoms with E-state index < -0.39 is 5.82 Å². The van der Waals surface area contributed by atoms with Gasteiger partial charge in [-0.2, -0.15) is 5.26 Å². The van der Waals surface area contributed by atoms with E-state index in [0.717, 1.165) is 6.07 Å². The first-order valence-corrected chi connectivity index (χ1v) is 5.17. The molecule has 4 nitrogen and oxygen atoms in total. The summed E-state index contributed by atoms with van der Waals surface area (Å²) in [4.78, 5) is 3.91. The minimum atomic E-state index is -0.649. The summed E-state index contributed by atoms with van der Waals surface area (Å²) in [5, 5.41) is 17.7. The van der Waals surface area contributed by atoms with Crippen molar-refractivity contribution in [3.63, 3.8) is 0 Å². The lowest BCUT2D eigenvalue weighted by atomic mass is 10.2. The third kappa shape index (κ3) is 2.44. The van der Waals surface area contributed by atoms with Gasteiger partial charge >= 0.3 is 0 Å². The predicted octanol–water partition coefficient (Wildman–Crippen LogP) is 2.38. The molecular weight excluding hydrogens is 235 g/mol. The normalized spacial score (nSPS) is 9.83. The van der Waals surface area contributed by atoms with Crippen LogP contribution in [-0.4, -0.2) is 10.1 Å². The van der Waals surface area contributed by atoms with Gasteiger partial charge in [-0.3, -0.25) is 0 Å². The van der Waals surface area contributed by atoms with Crippen molar-refractivity contribution in [3.8, 4) is 17.7 Å². The molecule has 5 heteroatoms. The molecule has 2 aromatic rings. The fourth-order valence-corrected chi connectivity index (χ4v) is 1.39. The first-order valence-electron chi connectivity index (χ1n) is 5.17. The maximum atomic E-state index is 13.6. The molecule has 1 heterocycles.